The molecule has 260 valence electrons. The second-order valence-electron chi connectivity index (χ2n) is 12.8. The van der Waals surface area contributed by atoms with Crippen molar-refractivity contribution in [3.63, 3.8) is 0 Å². The second-order valence-corrected chi connectivity index (χ2v) is 13.2. The fourth-order valence-electron chi connectivity index (χ4n) is 6.37. The number of fused-ring (bicyclic) bond motifs is 4. The number of piperazine rings is 1. The monoisotopic (exact) mass is 696 g/mol. The number of halogens is 4. The van der Waals surface area contributed by atoms with E-state index in [2.05, 4.69) is 66.2 Å². The van der Waals surface area contributed by atoms with Crippen molar-refractivity contribution in [2.45, 2.75) is 70.1 Å². The van der Waals surface area contributed by atoms with Gasteiger partial charge >= 0.3 is 12.1 Å². The van der Waals surface area contributed by atoms with Crippen molar-refractivity contribution >= 4 is 23.3 Å². The number of alkyl halides is 3. The van der Waals surface area contributed by atoms with E-state index < -0.39 is 12.1 Å². The molecule has 2 aliphatic heterocycles. The van der Waals surface area contributed by atoms with Gasteiger partial charge in [0.2, 0.25) is 0 Å². The SMILES string of the molecule is Cc1nnc2n1-c1ccc(-c3cnn(CCCCCCCN4CCNCC4)c3)cc1C(c1ccc(Cl)cc1)=NC21CC1.O=C(O)C(F)(F)F. The molecule has 1 aliphatic carbocycles. The van der Waals surface area contributed by atoms with Gasteiger partial charge in [-0.05, 0) is 69.0 Å². The van der Waals surface area contributed by atoms with Crippen molar-refractivity contribution in [2.24, 2.45) is 4.99 Å². The minimum Gasteiger partial charge on any atom is -0.475 e. The smallest absolute Gasteiger partial charge is 0.475 e. The molecule has 49 heavy (non-hydrogen) atoms. The molecule has 10 nitrogen and oxygen atoms in total. The summed E-state index contributed by atoms with van der Waals surface area (Å²) >= 11 is 6.26. The van der Waals surface area contributed by atoms with Crippen LogP contribution in [0.25, 0.3) is 16.8 Å². The number of rotatable bonds is 10. The maximum atomic E-state index is 10.6. The first-order chi connectivity index (χ1) is 23.5. The number of aryl methyl sites for hydroxylation is 2. The third kappa shape index (κ3) is 8.22. The van der Waals surface area contributed by atoms with Crippen molar-refractivity contribution in [1.29, 1.82) is 0 Å². The molecule has 2 aromatic carbocycles. The van der Waals surface area contributed by atoms with Gasteiger partial charge in [-0.25, -0.2) is 4.79 Å². The molecular formula is C35H40ClF3N8O2. The lowest BCUT2D eigenvalue weighted by molar-refractivity contribution is -0.192. The van der Waals surface area contributed by atoms with Crippen LogP contribution in [0.3, 0.4) is 0 Å². The average molecular weight is 697 g/mol. The minimum atomic E-state index is -5.08. The van der Waals surface area contributed by atoms with Crippen molar-refractivity contribution in [3.8, 4) is 16.8 Å². The third-order valence-corrected chi connectivity index (χ3v) is 9.43. The number of carbonyl (C=O) groups is 1. The molecule has 4 aromatic rings. The highest BCUT2D eigenvalue weighted by atomic mass is 35.5. The predicted molar refractivity (Wildman–Crippen MR) is 181 cm³/mol. The highest BCUT2D eigenvalue weighted by Gasteiger charge is 2.51. The number of hydrogen-bond acceptors (Lipinski definition) is 7. The number of benzene rings is 2. The number of carboxylic acid groups (broad SMARTS) is 1. The van der Waals surface area contributed by atoms with Crippen LogP contribution in [0.1, 0.15) is 67.7 Å². The Hall–Kier alpha value is -4.07. The Morgan fingerprint density at radius 2 is 1.59 bits per heavy atom. The van der Waals surface area contributed by atoms with Crippen molar-refractivity contribution in [3.05, 3.63) is 82.7 Å². The molecule has 0 bridgehead atoms. The quantitative estimate of drug-likeness (QED) is 0.184. The lowest BCUT2D eigenvalue weighted by Crippen LogP contribution is -2.43. The number of carboxylic acids is 1. The van der Waals surface area contributed by atoms with Gasteiger partial charge in [-0.3, -0.25) is 14.2 Å². The summed E-state index contributed by atoms with van der Waals surface area (Å²) in [7, 11) is 0. The number of nitrogens with one attached hydrogen (secondary N) is 1. The fraction of sp³-hybridized carbons (Fsp3) is 0.457. The van der Waals surface area contributed by atoms with E-state index in [0.717, 1.165) is 89.2 Å². The summed E-state index contributed by atoms with van der Waals surface area (Å²) in [5.74, 6) is -0.934. The van der Waals surface area contributed by atoms with E-state index in [1.165, 1.54) is 45.3 Å². The molecule has 1 spiro atoms. The molecule has 2 fully saturated rings. The maximum Gasteiger partial charge on any atom is 0.490 e. The van der Waals surface area contributed by atoms with Gasteiger partial charge in [0.15, 0.2) is 5.82 Å². The molecule has 0 atom stereocenters. The van der Waals surface area contributed by atoms with Crippen molar-refractivity contribution in [2.75, 3.05) is 32.7 Å². The Labute approximate surface area is 288 Å². The van der Waals surface area contributed by atoms with Gasteiger partial charge in [0, 0.05) is 60.6 Å². The Bertz CT molecular complexity index is 1790. The summed E-state index contributed by atoms with van der Waals surface area (Å²) in [6.07, 6.45) is 7.37. The Morgan fingerprint density at radius 1 is 0.939 bits per heavy atom. The Balaban J connectivity index is 0.000000540. The van der Waals surface area contributed by atoms with E-state index in [4.69, 9.17) is 31.6 Å². The minimum absolute atomic E-state index is 0.314. The molecule has 1 saturated carbocycles. The average Bonchev–Trinajstić information content (AvgIpc) is 3.56. The summed E-state index contributed by atoms with van der Waals surface area (Å²) in [6.45, 7) is 8.89. The highest BCUT2D eigenvalue weighted by Crippen LogP contribution is 2.51. The molecule has 7 rings (SSSR count). The number of unbranched alkanes of at least 4 members (excludes halogenated alkanes) is 4. The van der Waals surface area contributed by atoms with E-state index >= 15 is 0 Å². The molecule has 0 amide bonds. The van der Waals surface area contributed by atoms with Crippen molar-refractivity contribution in [1.82, 2.24) is 34.8 Å². The molecule has 3 aliphatic rings. The largest absolute Gasteiger partial charge is 0.490 e. The second kappa shape index (κ2) is 14.8. The molecule has 14 heteroatoms. The summed E-state index contributed by atoms with van der Waals surface area (Å²) in [5, 5.41) is 25.0. The zero-order valence-corrected chi connectivity index (χ0v) is 28.1. The van der Waals surface area contributed by atoms with Gasteiger partial charge in [0.05, 0.1) is 17.6 Å². The molecule has 0 radical (unpaired) electrons. The molecular weight excluding hydrogens is 657 g/mol. The zero-order valence-electron chi connectivity index (χ0n) is 27.4. The van der Waals surface area contributed by atoms with E-state index in [-0.39, 0.29) is 5.54 Å². The highest BCUT2D eigenvalue weighted by molar-refractivity contribution is 6.30. The zero-order chi connectivity index (χ0) is 34.6. The van der Waals surface area contributed by atoms with Gasteiger partial charge in [-0.1, -0.05) is 49.1 Å². The summed E-state index contributed by atoms with van der Waals surface area (Å²) in [6, 6.07) is 14.6. The van der Waals surface area contributed by atoms with Gasteiger partial charge in [0.25, 0.3) is 0 Å². The Kier molecular flexibility index (Phi) is 10.5. The topological polar surface area (TPSA) is 113 Å². The first-order valence-electron chi connectivity index (χ1n) is 16.7. The number of hydrogen-bond donors (Lipinski definition) is 2. The summed E-state index contributed by atoms with van der Waals surface area (Å²) in [4.78, 5) is 16.9. The lowest BCUT2D eigenvalue weighted by Gasteiger charge is -2.27. The van der Waals surface area contributed by atoms with E-state index in [1.807, 2.05) is 25.3 Å². The summed E-state index contributed by atoms with van der Waals surface area (Å²) in [5.41, 5.74) is 6.13. The summed E-state index contributed by atoms with van der Waals surface area (Å²) < 4.78 is 36.0. The van der Waals surface area contributed by atoms with Crippen LogP contribution in [0.15, 0.2) is 59.9 Å². The maximum absolute atomic E-state index is 10.6. The molecule has 2 aromatic heterocycles. The van der Waals surface area contributed by atoms with Crippen molar-refractivity contribution < 1.29 is 23.1 Å². The van der Waals surface area contributed by atoms with Gasteiger partial charge in [0.1, 0.15) is 11.4 Å². The molecule has 0 unspecified atom stereocenters. The van der Waals surface area contributed by atoms with Crippen LogP contribution < -0.4 is 5.32 Å². The van der Waals surface area contributed by atoms with E-state index in [9.17, 15) is 13.2 Å². The van der Waals surface area contributed by atoms with Crippen LogP contribution in [0.5, 0.6) is 0 Å². The third-order valence-electron chi connectivity index (χ3n) is 9.18. The van der Waals surface area contributed by atoms with E-state index in [0.29, 0.717) is 0 Å². The number of aromatic nitrogens is 5. The molecule has 4 heterocycles. The van der Waals surface area contributed by atoms with Crippen LogP contribution >= 0.6 is 11.6 Å². The van der Waals surface area contributed by atoms with Crippen LogP contribution in [-0.2, 0) is 16.9 Å². The van der Waals surface area contributed by atoms with Gasteiger partial charge < -0.3 is 15.3 Å². The van der Waals surface area contributed by atoms with Gasteiger partial charge in [-0.2, -0.15) is 18.3 Å². The molecule has 1 saturated heterocycles. The standard InChI is InChI=1S/C33H39ClN8.C2HF3O2/c1-24-38-39-32-33(13-14-33)37-31(25-7-10-28(34)11-8-25)29-21-26(9-12-30(29)42(24)32)27-22-36-41(23-27)18-6-4-2-3-5-17-40-19-15-35-16-20-40;3-2(4,5)1(6)7/h7-12,21-23,35H,2-6,13-20H2,1H3;(H,6,7). The van der Waals surface area contributed by atoms with Crippen LogP contribution in [0.2, 0.25) is 5.02 Å². The van der Waals surface area contributed by atoms with Crippen LogP contribution in [-0.4, -0.2) is 85.1 Å². The Morgan fingerprint density at radius 3 is 2.27 bits per heavy atom. The number of aliphatic imine (C=N–C) groups is 1. The first kappa shape index (κ1) is 34.8. The number of nitrogens with zero attached hydrogens (tertiary/aromatic N) is 7. The number of aliphatic carboxylic acids is 1. The normalized spacial score (nSPS) is 16.6. The van der Waals surface area contributed by atoms with Crippen LogP contribution in [0, 0.1) is 6.92 Å². The van der Waals surface area contributed by atoms with E-state index in [1.54, 1.807) is 0 Å². The first-order valence-corrected chi connectivity index (χ1v) is 17.1. The lowest BCUT2D eigenvalue weighted by atomic mass is 9.96. The molecule has 2 N–H and O–H groups in total. The van der Waals surface area contributed by atoms with Gasteiger partial charge in [-0.15, -0.1) is 10.2 Å². The fourth-order valence-corrected chi connectivity index (χ4v) is 6.49. The van der Waals surface area contributed by atoms with Crippen LogP contribution in [0.4, 0.5) is 13.2 Å². The predicted octanol–water partition coefficient (Wildman–Crippen LogP) is 6.42.